The molecule has 2 atom stereocenters. The Bertz CT molecular complexity index is 2780. The highest BCUT2D eigenvalue weighted by Gasteiger charge is 2.29. The van der Waals surface area contributed by atoms with Crippen molar-refractivity contribution >= 4 is 44.5 Å². The molecule has 0 amide bonds. The van der Waals surface area contributed by atoms with Crippen LogP contribution in [-0.4, -0.2) is 0 Å². The molecule has 7 aromatic rings. The SMILES string of the molecule is C=C(OP(Oc1c(C)cc(C)cc1-c1cc(C)cc(C)c1OP(O/C(C)=C1\C=CC=CC1)Oc1cccc2ccccc12)Oc1cccc2ccccc12)c1ccccc1. The van der Waals surface area contributed by atoms with Crippen LogP contribution in [0.1, 0.15) is 41.2 Å². The fraction of sp³-hybridized carbons (Fsp3) is 0.115. The Kier molecular flexibility index (Phi) is 12.3. The molecular weight excluding hydrogens is 783 g/mol. The van der Waals surface area contributed by atoms with Gasteiger partial charge in [0.25, 0.3) is 0 Å². The minimum absolute atomic E-state index is 0.435. The summed E-state index contributed by atoms with van der Waals surface area (Å²) in [6.07, 6.45) is 8.98. The highest BCUT2D eigenvalue weighted by Crippen LogP contribution is 2.54. The minimum atomic E-state index is -2.10. The quantitative estimate of drug-likeness (QED) is 0.0804. The Hall–Kier alpha value is -6.32. The molecule has 0 spiro atoms. The minimum Gasteiger partial charge on any atom is -0.413 e. The lowest BCUT2D eigenvalue weighted by atomic mass is 9.95. The molecule has 300 valence electrons. The van der Waals surface area contributed by atoms with E-state index in [1.54, 1.807) is 0 Å². The van der Waals surface area contributed by atoms with Crippen LogP contribution in [0, 0.1) is 27.7 Å². The molecule has 0 N–H and O–H groups in total. The summed E-state index contributed by atoms with van der Waals surface area (Å²) in [6, 6.07) is 46.4. The maximum atomic E-state index is 7.02. The third-order valence-corrected chi connectivity index (χ3v) is 12.3. The van der Waals surface area contributed by atoms with E-state index in [1.165, 1.54) is 0 Å². The van der Waals surface area contributed by atoms with Crippen LogP contribution in [0.2, 0.25) is 0 Å². The Morgan fingerprint density at radius 3 is 1.57 bits per heavy atom. The van der Waals surface area contributed by atoms with Crippen LogP contribution < -0.4 is 18.1 Å². The predicted octanol–water partition coefficient (Wildman–Crippen LogP) is 15.8. The zero-order chi connectivity index (χ0) is 41.6. The smallest absolute Gasteiger partial charge is 0.413 e. The molecule has 0 saturated carbocycles. The standard InChI is InChI=1S/C52H46O6P2/c1-35-31-37(3)51(57-59(53-39(5)41-19-9-7-10-20-41)55-49-29-17-25-43-23-13-15-27-45(43)49)47(33-35)48-34-36(2)32-38(4)52(48)58-60(54-40(6)42-21-11-8-12-22-42)56-50-30-18-26-44-24-14-16-28-46(44)50/h7-21,23-34H,5,22H2,1-4,6H3/b42-40+. The van der Waals surface area contributed by atoms with Crippen LogP contribution in [0.3, 0.4) is 0 Å². The lowest BCUT2D eigenvalue weighted by molar-refractivity contribution is 0.330. The lowest BCUT2D eigenvalue weighted by Crippen LogP contribution is -2.05. The van der Waals surface area contributed by atoms with E-state index in [-0.39, 0.29) is 0 Å². The average molecular weight is 829 g/mol. The number of aryl methyl sites for hydroxylation is 4. The lowest BCUT2D eigenvalue weighted by Gasteiger charge is -2.25. The zero-order valence-electron chi connectivity index (χ0n) is 34.3. The van der Waals surface area contributed by atoms with Gasteiger partial charge >= 0.3 is 17.2 Å². The van der Waals surface area contributed by atoms with E-state index in [0.29, 0.717) is 28.8 Å². The maximum Gasteiger partial charge on any atom is 0.530 e. The van der Waals surface area contributed by atoms with E-state index in [9.17, 15) is 0 Å². The number of benzene rings is 7. The number of hydrogen-bond donors (Lipinski definition) is 0. The number of allylic oxidation sites excluding steroid dienone is 6. The molecule has 0 aromatic heterocycles. The van der Waals surface area contributed by atoms with Gasteiger partial charge in [-0.1, -0.05) is 146 Å². The monoisotopic (exact) mass is 828 g/mol. The van der Waals surface area contributed by atoms with Gasteiger partial charge in [-0.25, -0.2) is 0 Å². The van der Waals surface area contributed by atoms with Crippen molar-refractivity contribution in [2.45, 2.75) is 41.0 Å². The molecule has 60 heavy (non-hydrogen) atoms. The Labute approximate surface area is 355 Å². The number of fused-ring (bicyclic) bond motifs is 2. The highest BCUT2D eigenvalue weighted by atomic mass is 31.2. The van der Waals surface area contributed by atoms with Gasteiger partial charge in [-0.15, -0.1) is 0 Å². The molecule has 8 heteroatoms. The van der Waals surface area contributed by atoms with Crippen molar-refractivity contribution in [3.05, 3.63) is 210 Å². The predicted molar refractivity (Wildman–Crippen MR) is 248 cm³/mol. The summed E-state index contributed by atoms with van der Waals surface area (Å²) >= 11 is 0. The van der Waals surface area contributed by atoms with Gasteiger partial charge in [0.05, 0.1) is 0 Å². The molecule has 0 fully saturated rings. The summed E-state index contributed by atoms with van der Waals surface area (Å²) in [6.45, 7) is 14.5. The summed E-state index contributed by atoms with van der Waals surface area (Å²) in [5.41, 5.74) is 7.44. The summed E-state index contributed by atoms with van der Waals surface area (Å²) in [5, 5.41) is 4.01. The molecule has 0 heterocycles. The van der Waals surface area contributed by atoms with Gasteiger partial charge in [-0.2, -0.15) is 0 Å². The first kappa shape index (κ1) is 40.5. The summed E-state index contributed by atoms with van der Waals surface area (Å²) in [7, 11) is -4.12. The van der Waals surface area contributed by atoms with Gasteiger partial charge in [0.15, 0.2) is 0 Å². The van der Waals surface area contributed by atoms with Crippen molar-refractivity contribution in [3.8, 4) is 34.1 Å². The topological polar surface area (TPSA) is 55.4 Å². The normalized spacial score (nSPS) is 14.0. The second-order valence-corrected chi connectivity index (χ2v) is 16.7. The van der Waals surface area contributed by atoms with Crippen LogP contribution in [0.4, 0.5) is 0 Å². The molecule has 8 rings (SSSR count). The van der Waals surface area contributed by atoms with Crippen LogP contribution >= 0.6 is 17.2 Å². The largest absolute Gasteiger partial charge is 0.530 e. The third kappa shape index (κ3) is 9.27. The van der Waals surface area contributed by atoms with Crippen LogP contribution in [0.5, 0.6) is 23.0 Å². The second kappa shape index (κ2) is 18.3. The molecular formula is C52H46O6P2. The van der Waals surface area contributed by atoms with Crippen molar-refractivity contribution < 1.29 is 27.1 Å². The van der Waals surface area contributed by atoms with Gasteiger partial charge in [0, 0.05) is 27.5 Å². The van der Waals surface area contributed by atoms with Crippen molar-refractivity contribution in [1.29, 1.82) is 0 Å². The molecule has 6 nitrogen and oxygen atoms in total. The van der Waals surface area contributed by atoms with Crippen molar-refractivity contribution in [2.24, 2.45) is 0 Å². The fourth-order valence-corrected chi connectivity index (χ4v) is 9.51. The van der Waals surface area contributed by atoms with Crippen LogP contribution in [0.15, 0.2) is 182 Å². The van der Waals surface area contributed by atoms with Crippen molar-refractivity contribution in [2.75, 3.05) is 0 Å². The number of hydrogen-bond acceptors (Lipinski definition) is 6. The van der Waals surface area contributed by atoms with E-state index in [4.69, 9.17) is 27.1 Å². The first-order chi connectivity index (χ1) is 29.2. The first-order valence-electron chi connectivity index (χ1n) is 19.8. The average Bonchev–Trinajstić information content (AvgIpc) is 3.26. The van der Waals surface area contributed by atoms with E-state index in [0.717, 1.165) is 78.2 Å². The summed E-state index contributed by atoms with van der Waals surface area (Å²) in [4.78, 5) is 0. The van der Waals surface area contributed by atoms with E-state index >= 15 is 0 Å². The molecule has 1 aliphatic rings. The van der Waals surface area contributed by atoms with E-state index in [1.807, 2.05) is 124 Å². The van der Waals surface area contributed by atoms with Gasteiger partial charge in [0.1, 0.15) is 34.5 Å². The molecule has 0 radical (unpaired) electrons. The third-order valence-electron chi connectivity index (χ3n) is 10.1. The molecule has 1 aliphatic carbocycles. The molecule has 7 aromatic carbocycles. The summed E-state index contributed by atoms with van der Waals surface area (Å²) < 4.78 is 40.7. The highest BCUT2D eigenvalue weighted by molar-refractivity contribution is 7.43. The fourth-order valence-electron chi connectivity index (χ4n) is 7.23. The Balaban J connectivity index is 1.21. The van der Waals surface area contributed by atoms with Crippen molar-refractivity contribution in [3.63, 3.8) is 0 Å². The molecule has 0 saturated heterocycles. The maximum absolute atomic E-state index is 7.02. The van der Waals surface area contributed by atoms with Crippen LogP contribution in [-0.2, 0) is 9.05 Å². The Morgan fingerprint density at radius 1 is 0.533 bits per heavy atom. The van der Waals surface area contributed by atoms with Gasteiger partial charge < -0.3 is 27.1 Å². The molecule has 0 aliphatic heterocycles. The molecule has 2 unspecified atom stereocenters. The summed E-state index contributed by atoms with van der Waals surface area (Å²) in [5.74, 6) is 3.70. The van der Waals surface area contributed by atoms with Crippen molar-refractivity contribution in [1.82, 2.24) is 0 Å². The van der Waals surface area contributed by atoms with Gasteiger partial charge in [-0.3, -0.25) is 0 Å². The first-order valence-corrected chi connectivity index (χ1v) is 22.0. The molecule has 0 bridgehead atoms. The van der Waals surface area contributed by atoms with Gasteiger partial charge in [0.2, 0.25) is 0 Å². The van der Waals surface area contributed by atoms with Crippen LogP contribution in [0.25, 0.3) is 38.4 Å². The Morgan fingerprint density at radius 2 is 1.03 bits per heavy atom. The number of rotatable bonds is 14. The van der Waals surface area contributed by atoms with Gasteiger partial charge in [-0.05, 0) is 104 Å². The zero-order valence-corrected chi connectivity index (χ0v) is 36.1. The second-order valence-electron chi connectivity index (χ2n) is 14.7. The van der Waals surface area contributed by atoms with E-state index < -0.39 is 17.2 Å². The van der Waals surface area contributed by atoms with E-state index in [2.05, 4.69) is 81.1 Å².